The average molecular weight is 496 g/mol. The van der Waals surface area contributed by atoms with E-state index in [1.165, 1.54) is 0 Å². The molecule has 9 heteroatoms. The van der Waals surface area contributed by atoms with Crippen molar-refractivity contribution in [3.63, 3.8) is 0 Å². The number of primary amides is 1. The quantitative estimate of drug-likeness (QED) is 0.426. The first kappa shape index (κ1) is 24.0. The molecule has 2 aliphatic rings. The van der Waals surface area contributed by atoms with E-state index in [9.17, 15) is 9.90 Å². The Morgan fingerprint density at radius 2 is 2.11 bits per heavy atom. The molecule has 0 unspecified atom stereocenters. The zero-order valence-corrected chi connectivity index (χ0v) is 20.9. The molecule has 1 saturated heterocycles. The third-order valence-corrected chi connectivity index (χ3v) is 8.17. The number of anilines is 1. The highest BCUT2D eigenvalue weighted by Crippen LogP contribution is 2.35. The summed E-state index contributed by atoms with van der Waals surface area (Å²) in [6, 6.07) is 8.00. The van der Waals surface area contributed by atoms with Gasteiger partial charge in [0, 0.05) is 23.9 Å². The monoisotopic (exact) mass is 495 g/mol. The lowest BCUT2D eigenvalue weighted by Gasteiger charge is -2.27. The summed E-state index contributed by atoms with van der Waals surface area (Å²) in [4.78, 5) is 23.6. The number of pyridine rings is 1. The highest BCUT2D eigenvalue weighted by Gasteiger charge is 2.27. The zero-order valence-electron chi connectivity index (χ0n) is 20.1. The Morgan fingerprint density at radius 1 is 1.26 bits per heavy atom. The molecule has 1 saturated carbocycles. The van der Waals surface area contributed by atoms with E-state index in [0.29, 0.717) is 24.0 Å². The molecule has 2 fully saturated rings. The maximum Gasteiger partial charge on any atom is 0.267 e. The summed E-state index contributed by atoms with van der Waals surface area (Å²) in [6.45, 7) is 4.21. The molecule has 186 valence electrons. The van der Waals surface area contributed by atoms with Gasteiger partial charge >= 0.3 is 0 Å². The fourth-order valence-electron chi connectivity index (χ4n) is 5.35. The predicted octanol–water partition coefficient (Wildman–Crippen LogP) is 4.32. The zero-order chi connectivity index (χ0) is 24.4. The number of hydrogen-bond acceptors (Lipinski definition) is 8. The van der Waals surface area contributed by atoms with E-state index >= 15 is 0 Å². The summed E-state index contributed by atoms with van der Waals surface area (Å²) in [5.41, 5.74) is 7.61. The molecule has 35 heavy (non-hydrogen) atoms. The highest BCUT2D eigenvalue weighted by molar-refractivity contribution is 7.22. The second-order valence-electron chi connectivity index (χ2n) is 9.48. The minimum atomic E-state index is -0.537. The van der Waals surface area contributed by atoms with Crippen LogP contribution in [0.2, 0.25) is 0 Å². The van der Waals surface area contributed by atoms with E-state index in [0.717, 1.165) is 72.5 Å². The molecule has 1 amide bonds. The Labute approximate surface area is 209 Å². The van der Waals surface area contributed by atoms with Crippen LogP contribution in [0.4, 0.5) is 5.13 Å². The number of benzene rings is 1. The standard InChI is InChI=1S/C26H33N5O3S/c1-2-31-13-5-6-16(31)14-18-22(11-12-28-24(18)25(27)33)34-17-9-10-20-23(15-17)35-26(30-20)29-19-7-3-4-8-21(19)32/h9-12,15-16,19,21,32H,2-8,13-14H2,1H3,(H2,27,33)(H,29,30)/t16-,19+,21+/m0/s1. The van der Waals surface area contributed by atoms with Crippen LogP contribution in [0.25, 0.3) is 10.2 Å². The van der Waals surface area contributed by atoms with Crippen molar-refractivity contribution in [1.82, 2.24) is 14.9 Å². The predicted molar refractivity (Wildman–Crippen MR) is 138 cm³/mol. The number of likely N-dealkylation sites (N-methyl/N-ethyl adjacent to an activating group) is 1. The summed E-state index contributed by atoms with van der Waals surface area (Å²) < 4.78 is 7.31. The molecule has 5 rings (SSSR count). The number of amides is 1. The fraction of sp³-hybridized carbons (Fsp3) is 0.500. The molecule has 2 aromatic heterocycles. The minimum absolute atomic E-state index is 0.0462. The lowest BCUT2D eigenvalue weighted by molar-refractivity contribution is 0.0993. The van der Waals surface area contributed by atoms with Crippen molar-refractivity contribution in [3.8, 4) is 11.5 Å². The number of aliphatic hydroxyl groups excluding tert-OH is 1. The number of fused-ring (bicyclic) bond motifs is 1. The molecule has 3 aromatic rings. The molecule has 3 atom stereocenters. The van der Waals surface area contributed by atoms with Crippen LogP contribution in [0.1, 0.15) is 61.5 Å². The van der Waals surface area contributed by atoms with Crippen LogP contribution >= 0.6 is 11.3 Å². The number of likely N-dealkylation sites (tertiary alicyclic amines) is 1. The van der Waals surface area contributed by atoms with Crippen LogP contribution < -0.4 is 15.8 Å². The molecular weight excluding hydrogens is 462 g/mol. The van der Waals surface area contributed by atoms with E-state index < -0.39 is 5.91 Å². The fourth-order valence-corrected chi connectivity index (χ4v) is 6.31. The van der Waals surface area contributed by atoms with Gasteiger partial charge in [-0.25, -0.2) is 4.98 Å². The Balaban J connectivity index is 1.39. The highest BCUT2D eigenvalue weighted by atomic mass is 32.1. The SMILES string of the molecule is CCN1CCC[C@H]1Cc1c(Oc2ccc3nc(N[C@@H]4CCCC[C@H]4O)sc3c2)ccnc1C(N)=O. The Bertz CT molecular complexity index is 1200. The van der Waals surface area contributed by atoms with Gasteiger partial charge in [-0.05, 0) is 63.4 Å². The van der Waals surface area contributed by atoms with Crippen molar-refractivity contribution in [1.29, 1.82) is 0 Å². The summed E-state index contributed by atoms with van der Waals surface area (Å²) in [5, 5.41) is 14.5. The number of nitrogens with two attached hydrogens (primary N) is 1. The van der Waals surface area contributed by atoms with E-state index in [-0.39, 0.29) is 17.8 Å². The number of nitrogens with one attached hydrogen (secondary N) is 1. The first-order valence-corrected chi connectivity index (χ1v) is 13.4. The average Bonchev–Trinajstić information content (AvgIpc) is 3.47. The van der Waals surface area contributed by atoms with Gasteiger partial charge in [-0.1, -0.05) is 31.1 Å². The topological polar surface area (TPSA) is 114 Å². The first-order valence-electron chi connectivity index (χ1n) is 12.6. The van der Waals surface area contributed by atoms with E-state index in [2.05, 4.69) is 22.1 Å². The van der Waals surface area contributed by atoms with Gasteiger partial charge in [-0.15, -0.1) is 0 Å². The number of ether oxygens (including phenoxy) is 1. The van der Waals surface area contributed by atoms with Crippen molar-refractivity contribution in [3.05, 3.63) is 41.7 Å². The number of nitrogens with zero attached hydrogens (tertiary/aromatic N) is 3. The number of rotatable bonds is 8. The number of thiazole rings is 1. The third-order valence-electron chi connectivity index (χ3n) is 7.22. The van der Waals surface area contributed by atoms with E-state index in [4.69, 9.17) is 15.5 Å². The van der Waals surface area contributed by atoms with Gasteiger partial charge in [0.05, 0.1) is 22.4 Å². The van der Waals surface area contributed by atoms with Gasteiger partial charge in [0.1, 0.15) is 17.2 Å². The number of carbonyl (C=O) groups excluding carboxylic acids is 1. The summed E-state index contributed by atoms with van der Waals surface area (Å²) in [5.74, 6) is 0.751. The maximum atomic E-state index is 12.2. The molecule has 0 radical (unpaired) electrons. The van der Waals surface area contributed by atoms with Crippen molar-refractivity contribution in [2.75, 3.05) is 18.4 Å². The van der Waals surface area contributed by atoms with Crippen LogP contribution in [0.5, 0.6) is 11.5 Å². The van der Waals surface area contributed by atoms with Gasteiger partial charge in [-0.2, -0.15) is 0 Å². The summed E-state index contributed by atoms with van der Waals surface area (Å²) >= 11 is 1.55. The molecule has 8 nitrogen and oxygen atoms in total. The number of carbonyl (C=O) groups is 1. The van der Waals surface area contributed by atoms with Crippen LogP contribution in [-0.4, -0.2) is 57.2 Å². The lowest BCUT2D eigenvalue weighted by atomic mass is 9.93. The molecule has 1 aliphatic heterocycles. The van der Waals surface area contributed by atoms with Crippen LogP contribution in [0.3, 0.4) is 0 Å². The molecule has 3 heterocycles. The van der Waals surface area contributed by atoms with Gasteiger partial charge in [0.15, 0.2) is 5.13 Å². The van der Waals surface area contributed by atoms with Crippen LogP contribution in [0.15, 0.2) is 30.5 Å². The van der Waals surface area contributed by atoms with Crippen molar-refractivity contribution in [2.45, 2.75) is 70.1 Å². The Morgan fingerprint density at radius 3 is 2.91 bits per heavy atom. The largest absolute Gasteiger partial charge is 0.457 e. The molecule has 0 bridgehead atoms. The number of aliphatic hydroxyl groups is 1. The minimum Gasteiger partial charge on any atom is -0.457 e. The van der Waals surface area contributed by atoms with Crippen molar-refractivity contribution < 1.29 is 14.6 Å². The Kier molecular flexibility index (Phi) is 7.17. The number of hydrogen-bond donors (Lipinski definition) is 3. The van der Waals surface area contributed by atoms with Gasteiger partial charge < -0.3 is 25.8 Å². The second kappa shape index (κ2) is 10.5. The van der Waals surface area contributed by atoms with Gasteiger partial charge in [0.2, 0.25) is 0 Å². The molecule has 0 spiro atoms. The van der Waals surface area contributed by atoms with Crippen molar-refractivity contribution in [2.24, 2.45) is 5.73 Å². The number of aromatic nitrogens is 2. The van der Waals surface area contributed by atoms with Gasteiger partial charge in [-0.3, -0.25) is 9.78 Å². The first-order chi connectivity index (χ1) is 17.0. The van der Waals surface area contributed by atoms with Crippen LogP contribution in [0, 0.1) is 0 Å². The van der Waals surface area contributed by atoms with Gasteiger partial charge in [0.25, 0.3) is 5.91 Å². The lowest BCUT2D eigenvalue weighted by Crippen LogP contribution is -2.36. The molecule has 4 N–H and O–H groups in total. The maximum absolute atomic E-state index is 12.2. The molecule has 1 aliphatic carbocycles. The van der Waals surface area contributed by atoms with Crippen LogP contribution in [-0.2, 0) is 6.42 Å². The van der Waals surface area contributed by atoms with Crippen molar-refractivity contribution >= 4 is 32.6 Å². The van der Waals surface area contributed by atoms with E-state index in [1.54, 1.807) is 23.6 Å². The molecular formula is C26H33N5O3S. The van der Waals surface area contributed by atoms with E-state index in [1.807, 2.05) is 18.2 Å². The molecule has 1 aromatic carbocycles. The Hall–Kier alpha value is -2.75. The normalized spacial score (nSPS) is 23.0. The third kappa shape index (κ3) is 5.27. The smallest absolute Gasteiger partial charge is 0.267 e. The summed E-state index contributed by atoms with van der Waals surface area (Å²) in [7, 11) is 0. The second-order valence-corrected chi connectivity index (χ2v) is 10.5. The summed E-state index contributed by atoms with van der Waals surface area (Å²) in [6.07, 6.45) is 8.14.